The zero-order chi connectivity index (χ0) is 23.1. The zero-order valence-electron chi connectivity index (χ0n) is 18.3. The van der Waals surface area contributed by atoms with Crippen LogP contribution in [0.15, 0.2) is 41.3 Å². The monoisotopic (exact) mass is 452 g/mol. The van der Waals surface area contributed by atoms with Gasteiger partial charge in [0.05, 0.1) is 11.1 Å². The summed E-state index contributed by atoms with van der Waals surface area (Å²) in [4.78, 5) is 29.2. The van der Waals surface area contributed by atoms with Gasteiger partial charge < -0.3 is 29.5 Å². The minimum atomic E-state index is -1.36. The van der Waals surface area contributed by atoms with Crippen LogP contribution in [-0.4, -0.2) is 71.8 Å². The first kappa shape index (κ1) is 21.4. The number of pyridine rings is 1. The van der Waals surface area contributed by atoms with Crippen molar-refractivity contribution in [3.63, 3.8) is 0 Å². The number of carboxylic acid groups (broad SMARTS) is 1. The van der Waals surface area contributed by atoms with Crippen LogP contribution in [0.2, 0.25) is 0 Å². The Hall–Kier alpha value is -3.43. The van der Waals surface area contributed by atoms with Crippen LogP contribution in [0.3, 0.4) is 0 Å². The molecule has 0 atom stereocenters. The van der Waals surface area contributed by atoms with Crippen molar-refractivity contribution in [2.75, 3.05) is 51.6 Å². The van der Waals surface area contributed by atoms with Crippen molar-refractivity contribution in [1.29, 1.82) is 0 Å². The van der Waals surface area contributed by atoms with E-state index in [1.54, 1.807) is 28.8 Å². The molecule has 172 valence electrons. The third kappa shape index (κ3) is 3.83. The first-order chi connectivity index (χ1) is 15.9. The number of halogens is 1. The van der Waals surface area contributed by atoms with Crippen LogP contribution in [0.4, 0.5) is 10.1 Å². The van der Waals surface area contributed by atoms with Gasteiger partial charge in [0.1, 0.15) is 16.8 Å². The Morgan fingerprint density at radius 2 is 1.97 bits per heavy atom. The van der Waals surface area contributed by atoms with Crippen molar-refractivity contribution < 1.29 is 19.0 Å². The maximum atomic E-state index is 15.2. The summed E-state index contributed by atoms with van der Waals surface area (Å²) in [6.45, 7) is 5.56. The lowest BCUT2D eigenvalue weighted by molar-refractivity contribution is 0.0695. The third-order valence-corrected chi connectivity index (χ3v) is 6.31. The zero-order valence-corrected chi connectivity index (χ0v) is 18.3. The van der Waals surface area contributed by atoms with Crippen molar-refractivity contribution in [3.8, 4) is 17.2 Å². The molecular weight excluding hydrogens is 427 g/mol. The van der Waals surface area contributed by atoms with E-state index < -0.39 is 22.8 Å². The van der Waals surface area contributed by atoms with Gasteiger partial charge in [-0.3, -0.25) is 4.79 Å². The predicted octanol–water partition coefficient (Wildman–Crippen LogP) is 2.98. The number of hydrogen-bond acceptors (Lipinski definition) is 6. The first-order valence-corrected chi connectivity index (χ1v) is 11.0. The molecule has 9 heteroatoms. The summed E-state index contributed by atoms with van der Waals surface area (Å²) in [5.74, 6) is -1.36. The van der Waals surface area contributed by atoms with Gasteiger partial charge >= 0.3 is 5.97 Å². The number of carbonyl (C=O) groups is 1. The fourth-order valence-electron chi connectivity index (χ4n) is 4.47. The number of nitrogens with zero attached hydrogens (tertiary/aromatic N) is 3. The molecule has 8 nitrogen and oxygen atoms in total. The number of fused-ring (bicyclic) bond motifs is 2. The highest BCUT2D eigenvalue weighted by molar-refractivity contribution is 5.98. The molecule has 0 saturated carbocycles. The van der Waals surface area contributed by atoms with Crippen molar-refractivity contribution >= 4 is 22.6 Å². The Kier molecular flexibility index (Phi) is 5.51. The number of hydrogen-bond donors (Lipinski definition) is 2. The number of piperazine rings is 1. The molecule has 0 bridgehead atoms. The van der Waals surface area contributed by atoms with Crippen LogP contribution >= 0.6 is 0 Å². The summed E-state index contributed by atoms with van der Waals surface area (Å²) >= 11 is 0. The Balaban J connectivity index is 1.50. The molecule has 2 N–H and O–H groups in total. The van der Waals surface area contributed by atoms with Crippen LogP contribution in [-0.2, 0) is 0 Å². The molecule has 1 fully saturated rings. The smallest absolute Gasteiger partial charge is 0.341 e. The molecule has 0 radical (unpaired) electrons. The summed E-state index contributed by atoms with van der Waals surface area (Å²) in [6, 6.07) is 8.16. The van der Waals surface area contributed by atoms with Crippen molar-refractivity contribution in [2.45, 2.75) is 6.42 Å². The number of carboxylic acids is 1. The van der Waals surface area contributed by atoms with Crippen molar-refractivity contribution in [3.05, 3.63) is 58.1 Å². The third-order valence-electron chi connectivity index (χ3n) is 6.31. The standard InChI is InChI=1S/C24H25FN4O4/c1-27-9-11-28(12-10-27)8-4-7-26-20-17(25)13-15-21-23(20)33-19-6-3-2-5-18(19)29(21)14-16(22(15)30)24(31)32/h2-3,5-6,13-14,26H,4,7-12H2,1H3,(H,31,32). The molecule has 0 aliphatic carbocycles. The second-order valence-electron chi connectivity index (χ2n) is 8.50. The minimum Gasteiger partial charge on any atom is -0.477 e. The second kappa shape index (κ2) is 8.49. The number of para-hydroxylation sites is 2. The summed E-state index contributed by atoms with van der Waals surface area (Å²) in [7, 11) is 2.12. The number of ether oxygens (including phenoxy) is 1. The van der Waals surface area contributed by atoms with Crippen LogP contribution in [0.5, 0.6) is 11.5 Å². The first-order valence-electron chi connectivity index (χ1n) is 11.0. The van der Waals surface area contributed by atoms with Gasteiger partial charge in [0, 0.05) is 38.9 Å². The van der Waals surface area contributed by atoms with Crippen molar-refractivity contribution in [1.82, 2.24) is 14.4 Å². The molecule has 0 unspecified atom stereocenters. The van der Waals surface area contributed by atoms with Gasteiger partial charge in [-0.2, -0.15) is 0 Å². The average Bonchev–Trinajstić information content (AvgIpc) is 2.80. The number of nitrogens with one attached hydrogen (secondary N) is 1. The lowest BCUT2D eigenvalue weighted by atomic mass is 10.1. The highest BCUT2D eigenvalue weighted by atomic mass is 19.1. The van der Waals surface area contributed by atoms with E-state index in [4.69, 9.17) is 4.74 Å². The van der Waals surface area contributed by atoms with E-state index in [9.17, 15) is 14.7 Å². The predicted molar refractivity (Wildman–Crippen MR) is 124 cm³/mol. The lowest BCUT2D eigenvalue weighted by Gasteiger charge is -2.32. The summed E-state index contributed by atoms with van der Waals surface area (Å²) in [6.07, 6.45) is 2.11. The molecule has 1 saturated heterocycles. The number of benzene rings is 2. The Labute approximate surface area is 189 Å². The van der Waals surface area contributed by atoms with Gasteiger partial charge in [-0.05, 0) is 38.2 Å². The van der Waals surface area contributed by atoms with Crippen molar-refractivity contribution in [2.24, 2.45) is 0 Å². The number of aromatic carboxylic acids is 1. The Morgan fingerprint density at radius 3 is 2.73 bits per heavy atom. The molecule has 33 heavy (non-hydrogen) atoms. The Bertz CT molecular complexity index is 1300. The van der Waals surface area contributed by atoms with Crippen LogP contribution in [0.1, 0.15) is 16.8 Å². The highest BCUT2D eigenvalue weighted by Crippen LogP contribution is 2.44. The fraction of sp³-hybridized carbons (Fsp3) is 0.333. The van der Waals surface area contributed by atoms with E-state index in [0.29, 0.717) is 23.5 Å². The highest BCUT2D eigenvalue weighted by Gasteiger charge is 2.28. The average molecular weight is 452 g/mol. The quantitative estimate of drug-likeness (QED) is 0.435. The molecule has 2 aliphatic rings. The molecule has 3 aromatic rings. The normalized spacial score (nSPS) is 15.8. The van der Waals surface area contributed by atoms with E-state index in [2.05, 4.69) is 22.2 Å². The number of likely N-dealkylation sites (N-methyl/N-ethyl adjacent to an activating group) is 1. The van der Waals surface area contributed by atoms with E-state index in [1.807, 2.05) is 0 Å². The molecule has 1 aromatic heterocycles. The minimum absolute atomic E-state index is 0.0279. The summed E-state index contributed by atoms with van der Waals surface area (Å²) in [5.41, 5.74) is -0.0423. The van der Waals surface area contributed by atoms with Gasteiger partial charge in [-0.25, -0.2) is 9.18 Å². The van der Waals surface area contributed by atoms with E-state index in [0.717, 1.165) is 45.2 Å². The molecular formula is C24H25FN4O4. The number of aromatic nitrogens is 1. The van der Waals surface area contributed by atoms with E-state index >= 15 is 4.39 Å². The van der Waals surface area contributed by atoms with Crippen LogP contribution in [0, 0.1) is 5.82 Å². The van der Waals surface area contributed by atoms with Gasteiger partial charge in [-0.1, -0.05) is 12.1 Å². The maximum Gasteiger partial charge on any atom is 0.341 e. The van der Waals surface area contributed by atoms with E-state index in [1.165, 1.54) is 6.20 Å². The summed E-state index contributed by atoms with van der Waals surface area (Å²) in [5, 5.41) is 12.6. The molecule has 2 aromatic carbocycles. The topological polar surface area (TPSA) is 87.0 Å². The molecule has 5 rings (SSSR count). The molecule has 2 aliphatic heterocycles. The number of anilines is 1. The fourth-order valence-corrected chi connectivity index (χ4v) is 4.47. The van der Waals surface area contributed by atoms with E-state index in [-0.39, 0.29) is 16.8 Å². The largest absolute Gasteiger partial charge is 0.477 e. The van der Waals surface area contributed by atoms with Gasteiger partial charge in [0.2, 0.25) is 5.43 Å². The summed E-state index contributed by atoms with van der Waals surface area (Å²) < 4.78 is 22.8. The maximum absolute atomic E-state index is 15.2. The van der Waals surface area contributed by atoms with Crippen LogP contribution < -0.4 is 15.5 Å². The van der Waals surface area contributed by atoms with Gasteiger partial charge in [-0.15, -0.1) is 0 Å². The second-order valence-corrected chi connectivity index (χ2v) is 8.50. The lowest BCUT2D eigenvalue weighted by Crippen LogP contribution is -2.44. The van der Waals surface area contributed by atoms with Crippen LogP contribution in [0.25, 0.3) is 16.6 Å². The SMILES string of the molecule is CN1CCN(CCCNc2c(F)cc3c(=O)c(C(=O)O)cn4c3c2Oc2ccccc2-4)CC1. The Morgan fingerprint density at radius 1 is 1.21 bits per heavy atom. The molecule has 3 heterocycles. The van der Waals surface area contributed by atoms with Gasteiger partial charge in [0.15, 0.2) is 17.3 Å². The molecule has 0 amide bonds. The molecule has 0 spiro atoms. The van der Waals surface area contributed by atoms with Gasteiger partial charge in [0.25, 0.3) is 0 Å². The number of rotatable bonds is 6.